The summed E-state index contributed by atoms with van der Waals surface area (Å²) in [6, 6.07) is 7.05. The summed E-state index contributed by atoms with van der Waals surface area (Å²) in [4.78, 5) is 11.4. The van der Waals surface area contributed by atoms with Gasteiger partial charge in [0.05, 0.1) is 24.4 Å². The Balaban J connectivity index is 1.58. The minimum absolute atomic E-state index is 0.107. The Bertz CT molecular complexity index is 612. The van der Waals surface area contributed by atoms with Crippen LogP contribution in [0.25, 0.3) is 0 Å². The standard InChI is InChI=1S/C19H27NO4/c1-18(2)13-10-15(18)19(23,16(21)11-13)8-9-20-14-6-4-12(5-7-14)17(22)24-3/h4-7,13,15-16,20-21,23H,8-11H2,1-3H3/t13-,15-,16+,19-/m1/s1. The second-order valence-electron chi connectivity index (χ2n) is 7.80. The number of ether oxygens (including phenoxy) is 1. The van der Waals surface area contributed by atoms with Crippen LogP contribution in [0.15, 0.2) is 24.3 Å². The molecule has 3 N–H and O–H groups in total. The van der Waals surface area contributed by atoms with Crippen molar-refractivity contribution >= 4 is 11.7 Å². The largest absolute Gasteiger partial charge is 0.465 e. The molecule has 5 heteroatoms. The van der Waals surface area contributed by atoms with Gasteiger partial charge in [0.2, 0.25) is 0 Å². The number of benzene rings is 1. The second-order valence-corrected chi connectivity index (χ2v) is 7.80. The van der Waals surface area contributed by atoms with Crippen LogP contribution in [-0.2, 0) is 4.74 Å². The first kappa shape index (κ1) is 17.2. The number of methoxy groups -OCH3 is 1. The zero-order chi connectivity index (χ0) is 17.5. The molecule has 0 saturated heterocycles. The highest BCUT2D eigenvalue weighted by Gasteiger charge is 2.64. The maximum absolute atomic E-state index is 11.4. The maximum Gasteiger partial charge on any atom is 0.337 e. The van der Waals surface area contributed by atoms with E-state index < -0.39 is 11.7 Å². The third kappa shape index (κ3) is 2.70. The van der Waals surface area contributed by atoms with Gasteiger partial charge in [0, 0.05) is 12.2 Å². The van der Waals surface area contributed by atoms with E-state index in [9.17, 15) is 15.0 Å². The fourth-order valence-corrected chi connectivity index (χ4v) is 4.56. The summed E-state index contributed by atoms with van der Waals surface area (Å²) < 4.78 is 4.68. The number of carbonyl (C=O) groups is 1. The highest BCUT2D eigenvalue weighted by atomic mass is 16.5. The van der Waals surface area contributed by atoms with E-state index in [4.69, 9.17) is 0 Å². The predicted octanol–water partition coefficient (Wildman–Crippen LogP) is 2.43. The first-order valence-corrected chi connectivity index (χ1v) is 8.61. The average Bonchev–Trinajstić information content (AvgIpc) is 2.56. The summed E-state index contributed by atoms with van der Waals surface area (Å²) in [7, 11) is 1.36. The number of nitrogens with one attached hydrogen (secondary N) is 1. The minimum atomic E-state index is -1.02. The molecule has 3 aliphatic carbocycles. The maximum atomic E-state index is 11.4. The second kappa shape index (κ2) is 6.05. The van der Waals surface area contributed by atoms with Crippen LogP contribution in [0.5, 0.6) is 0 Å². The van der Waals surface area contributed by atoms with Crippen LogP contribution in [-0.4, -0.2) is 41.5 Å². The van der Waals surface area contributed by atoms with Gasteiger partial charge in [0.15, 0.2) is 0 Å². The van der Waals surface area contributed by atoms with Crippen molar-refractivity contribution < 1.29 is 19.7 Å². The Labute approximate surface area is 143 Å². The molecule has 1 aromatic carbocycles. The van der Waals surface area contributed by atoms with Gasteiger partial charge >= 0.3 is 5.97 Å². The molecule has 3 fully saturated rings. The molecule has 2 bridgehead atoms. The van der Waals surface area contributed by atoms with Crippen molar-refractivity contribution in [3.8, 4) is 0 Å². The molecular weight excluding hydrogens is 306 g/mol. The highest BCUT2D eigenvalue weighted by molar-refractivity contribution is 5.89. The van der Waals surface area contributed by atoms with Crippen molar-refractivity contribution in [2.24, 2.45) is 17.3 Å². The van der Waals surface area contributed by atoms with E-state index in [1.54, 1.807) is 12.1 Å². The molecule has 5 nitrogen and oxygen atoms in total. The molecule has 0 unspecified atom stereocenters. The molecule has 4 rings (SSSR count). The van der Waals surface area contributed by atoms with Gasteiger partial charge < -0.3 is 20.3 Å². The Morgan fingerprint density at radius 1 is 1.29 bits per heavy atom. The van der Waals surface area contributed by atoms with Crippen LogP contribution in [0.1, 0.15) is 43.5 Å². The van der Waals surface area contributed by atoms with Gasteiger partial charge in [-0.25, -0.2) is 4.79 Å². The van der Waals surface area contributed by atoms with E-state index >= 15 is 0 Å². The van der Waals surface area contributed by atoms with Crippen molar-refractivity contribution in [3.63, 3.8) is 0 Å². The Hall–Kier alpha value is -1.59. The first-order valence-electron chi connectivity index (χ1n) is 8.61. The van der Waals surface area contributed by atoms with Crippen LogP contribution in [0.2, 0.25) is 0 Å². The topological polar surface area (TPSA) is 78.8 Å². The van der Waals surface area contributed by atoms with Gasteiger partial charge in [0.1, 0.15) is 0 Å². The van der Waals surface area contributed by atoms with Gasteiger partial charge in [-0.2, -0.15) is 0 Å². The molecule has 3 aliphatic rings. The molecule has 3 saturated carbocycles. The minimum Gasteiger partial charge on any atom is -0.465 e. The van der Waals surface area contributed by atoms with E-state index in [1.165, 1.54) is 7.11 Å². The quantitative estimate of drug-likeness (QED) is 0.721. The van der Waals surface area contributed by atoms with Crippen molar-refractivity contribution in [2.75, 3.05) is 19.0 Å². The van der Waals surface area contributed by atoms with Crippen LogP contribution >= 0.6 is 0 Å². The van der Waals surface area contributed by atoms with E-state index in [2.05, 4.69) is 23.9 Å². The Kier molecular flexibility index (Phi) is 4.34. The molecule has 0 aromatic heterocycles. The first-order chi connectivity index (χ1) is 11.3. The van der Waals surface area contributed by atoms with Gasteiger partial charge in [-0.15, -0.1) is 0 Å². The lowest BCUT2D eigenvalue weighted by Gasteiger charge is -2.65. The molecule has 0 aliphatic heterocycles. The number of rotatable bonds is 5. The molecule has 0 spiro atoms. The number of aliphatic hydroxyl groups excluding tert-OH is 1. The predicted molar refractivity (Wildman–Crippen MR) is 91.8 cm³/mol. The monoisotopic (exact) mass is 333 g/mol. The molecular formula is C19H27NO4. The zero-order valence-electron chi connectivity index (χ0n) is 14.6. The molecule has 132 valence electrons. The lowest BCUT2D eigenvalue weighted by molar-refractivity contribution is -0.254. The number of carbonyl (C=O) groups excluding carboxylic acids is 1. The molecule has 0 amide bonds. The van der Waals surface area contributed by atoms with Gasteiger partial charge in [-0.3, -0.25) is 0 Å². The number of hydrogen-bond acceptors (Lipinski definition) is 5. The van der Waals surface area contributed by atoms with Crippen LogP contribution in [0, 0.1) is 17.3 Å². The Morgan fingerprint density at radius 3 is 2.54 bits per heavy atom. The normalized spacial score (nSPS) is 33.5. The van der Waals surface area contributed by atoms with Crippen molar-refractivity contribution in [3.05, 3.63) is 29.8 Å². The van der Waals surface area contributed by atoms with Gasteiger partial charge in [-0.1, -0.05) is 13.8 Å². The summed E-state index contributed by atoms with van der Waals surface area (Å²) in [5.74, 6) is 0.321. The van der Waals surface area contributed by atoms with Crippen LogP contribution in [0.4, 0.5) is 5.69 Å². The van der Waals surface area contributed by atoms with Crippen molar-refractivity contribution in [1.29, 1.82) is 0 Å². The number of anilines is 1. The summed E-state index contributed by atoms with van der Waals surface area (Å²) in [6.45, 7) is 4.96. The number of aliphatic hydroxyl groups is 2. The summed E-state index contributed by atoms with van der Waals surface area (Å²) >= 11 is 0. The Morgan fingerprint density at radius 2 is 1.96 bits per heavy atom. The van der Waals surface area contributed by atoms with Crippen LogP contribution < -0.4 is 5.32 Å². The number of fused-ring (bicyclic) bond motifs is 2. The van der Waals surface area contributed by atoms with Crippen LogP contribution in [0.3, 0.4) is 0 Å². The van der Waals surface area contributed by atoms with Crippen molar-refractivity contribution in [2.45, 2.75) is 44.8 Å². The summed E-state index contributed by atoms with van der Waals surface area (Å²) in [6.07, 6.45) is 1.56. The molecule has 24 heavy (non-hydrogen) atoms. The van der Waals surface area contributed by atoms with E-state index in [0.717, 1.165) is 12.1 Å². The van der Waals surface area contributed by atoms with Gasteiger partial charge in [0.25, 0.3) is 0 Å². The van der Waals surface area contributed by atoms with Gasteiger partial charge in [-0.05, 0) is 60.8 Å². The third-order valence-corrected chi connectivity index (χ3v) is 6.32. The lowest BCUT2D eigenvalue weighted by Crippen LogP contribution is -2.68. The van der Waals surface area contributed by atoms with E-state index in [-0.39, 0.29) is 17.3 Å². The van der Waals surface area contributed by atoms with Crippen molar-refractivity contribution in [1.82, 2.24) is 0 Å². The fraction of sp³-hybridized carbons (Fsp3) is 0.632. The van der Waals surface area contributed by atoms with E-state index in [1.807, 2.05) is 12.1 Å². The number of esters is 1. The average molecular weight is 333 g/mol. The summed E-state index contributed by atoms with van der Waals surface area (Å²) in [5.41, 5.74) is 0.474. The molecule has 0 radical (unpaired) electrons. The smallest absolute Gasteiger partial charge is 0.337 e. The zero-order valence-corrected chi connectivity index (χ0v) is 14.6. The number of hydrogen-bond donors (Lipinski definition) is 3. The third-order valence-electron chi connectivity index (χ3n) is 6.32. The molecule has 1 aromatic rings. The summed E-state index contributed by atoms with van der Waals surface area (Å²) in [5, 5.41) is 24.7. The fourth-order valence-electron chi connectivity index (χ4n) is 4.56. The van der Waals surface area contributed by atoms with E-state index in [0.29, 0.717) is 30.9 Å². The highest BCUT2D eigenvalue weighted by Crippen LogP contribution is 2.63. The molecule has 4 atom stereocenters. The lowest BCUT2D eigenvalue weighted by atomic mass is 9.43. The molecule has 0 heterocycles. The SMILES string of the molecule is COC(=O)c1ccc(NCC[C@@]2(O)[C@@H]3C[C@H](C[C@@H]2O)C3(C)C)cc1.